The summed E-state index contributed by atoms with van der Waals surface area (Å²) in [5, 5.41) is 7.50. The Morgan fingerprint density at radius 3 is 2.45 bits per heavy atom. The lowest BCUT2D eigenvalue weighted by Gasteiger charge is -2.34. The lowest BCUT2D eigenvalue weighted by molar-refractivity contribution is 0.224. The SMILES string of the molecule is Cc1ccc2c(CC(C)C)c3c(cc2c1)-c1nccc2c1c(cc1cc(C4CCC(C)(C)CC4)ccc12)O3. The fourth-order valence-corrected chi connectivity index (χ4v) is 6.96. The summed E-state index contributed by atoms with van der Waals surface area (Å²) in [7, 11) is 0. The van der Waals surface area contributed by atoms with E-state index in [1.165, 1.54) is 69.3 Å². The highest BCUT2D eigenvalue weighted by Gasteiger charge is 2.29. The van der Waals surface area contributed by atoms with Crippen LogP contribution in [-0.2, 0) is 6.42 Å². The smallest absolute Gasteiger partial charge is 0.140 e. The van der Waals surface area contributed by atoms with E-state index in [0.717, 1.165) is 34.6 Å². The molecule has 192 valence electrons. The number of nitrogens with zero attached hydrogens (tertiary/aromatic N) is 1. The number of hydrogen-bond acceptors (Lipinski definition) is 2. The molecule has 7 rings (SSSR count). The Morgan fingerprint density at radius 1 is 0.895 bits per heavy atom. The highest BCUT2D eigenvalue weighted by atomic mass is 16.5. The molecule has 0 spiro atoms. The zero-order valence-corrected chi connectivity index (χ0v) is 23.3. The minimum atomic E-state index is 0.481. The number of aromatic nitrogens is 1. The van der Waals surface area contributed by atoms with Crippen LogP contribution in [0.1, 0.15) is 76.0 Å². The average Bonchev–Trinajstić information content (AvgIpc) is 2.88. The molecule has 2 nitrogen and oxygen atoms in total. The first-order valence-electron chi connectivity index (χ1n) is 14.4. The molecule has 1 aliphatic carbocycles. The van der Waals surface area contributed by atoms with Gasteiger partial charge < -0.3 is 4.74 Å². The van der Waals surface area contributed by atoms with Crippen molar-refractivity contribution in [2.24, 2.45) is 11.3 Å². The second-order valence-corrected chi connectivity index (χ2v) is 13.0. The van der Waals surface area contributed by atoms with Gasteiger partial charge in [0, 0.05) is 17.3 Å². The highest BCUT2D eigenvalue weighted by Crippen LogP contribution is 2.51. The molecule has 0 unspecified atom stereocenters. The standard InChI is InChI=1S/C36H37NO/c1-21(2)16-30-28-8-6-22(3)17-25(28)19-31-34-33-29(12-15-37-34)27-9-7-24(23-10-13-36(4,5)14-11-23)18-26(27)20-32(33)38-35(30)31/h6-9,12,15,17-21,23H,10-11,13-14,16H2,1-5H3. The second kappa shape index (κ2) is 8.56. The van der Waals surface area contributed by atoms with Gasteiger partial charge in [0.25, 0.3) is 0 Å². The van der Waals surface area contributed by atoms with E-state index in [2.05, 4.69) is 89.2 Å². The van der Waals surface area contributed by atoms with Crippen LogP contribution in [0.5, 0.6) is 11.5 Å². The number of rotatable bonds is 3. The van der Waals surface area contributed by atoms with Gasteiger partial charge >= 0.3 is 0 Å². The van der Waals surface area contributed by atoms with Crippen LogP contribution < -0.4 is 4.74 Å². The highest BCUT2D eigenvalue weighted by molar-refractivity contribution is 6.16. The first-order chi connectivity index (χ1) is 18.3. The van der Waals surface area contributed by atoms with Crippen LogP contribution >= 0.6 is 0 Å². The van der Waals surface area contributed by atoms with Crippen molar-refractivity contribution in [1.29, 1.82) is 0 Å². The van der Waals surface area contributed by atoms with Crippen molar-refractivity contribution in [2.45, 2.75) is 72.6 Å². The molecule has 2 heteroatoms. The molecule has 0 bridgehead atoms. The van der Waals surface area contributed by atoms with Crippen molar-refractivity contribution in [3.63, 3.8) is 0 Å². The molecule has 0 atom stereocenters. The molecule has 1 fully saturated rings. The van der Waals surface area contributed by atoms with Gasteiger partial charge in [-0.2, -0.15) is 0 Å². The third kappa shape index (κ3) is 3.80. The molecule has 2 aliphatic rings. The molecule has 5 aromatic rings. The third-order valence-corrected chi connectivity index (χ3v) is 9.09. The Labute approximate surface area is 226 Å². The summed E-state index contributed by atoms with van der Waals surface area (Å²) >= 11 is 0. The summed E-state index contributed by atoms with van der Waals surface area (Å²) < 4.78 is 6.90. The summed E-state index contributed by atoms with van der Waals surface area (Å²) in [4.78, 5) is 4.96. The van der Waals surface area contributed by atoms with Gasteiger partial charge in [0.2, 0.25) is 0 Å². The minimum Gasteiger partial charge on any atom is -0.456 e. The number of ether oxygens (including phenoxy) is 1. The molecule has 0 saturated heterocycles. The number of pyridine rings is 1. The largest absolute Gasteiger partial charge is 0.456 e. The molecule has 0 amide bonds. The van der Waals surface area contributed by atoms with Gasteiger partial charge in [0.05, 0.1) is 11.1 Å². The normalized spacial score (nSPS) is 16.8. The molecule has 1 saturated carbocycles. The summed E-state index contributed by atoms with van der Waals surface area (Å²) in [5.41, 5.74) is 6.71. The molecule has 0 radical (unpaired) electrons. The molecule has 38 heavy (non-hydrogen) atoms. The van der Waals surface area contributed by atoms with E-state index in [9.17, 15) is 0 Å². The van der Waals surface area contributed by atoms with Gasteiger partial charge in [0.15, 0.2) is 0 Å². The van der Waals surface area contributed by atoms with Crippen LogP contribution in [-0.4, -0.2) is 4.98 Å². The second-order valence-electron chi connectivity index (χ2n) is 13.0. The van der Waals surface area contributed by atoms with Crippen molar-refractivity contribution in [3.05, 3.63) is 77.5 Å². The Morgan fingerprint density at radius 2 is 1.66 bits per heavy atom. The van der Waals surface area contributed by atoms with Gasteiger partial charge in [0.1, 0.15) is 11.5 Å². The number of aryl methyl sites for hydroxylation is 1. The fraction of sp³-hybridized carbons (Fsp3) is 0.361. The van der Waals surface area contributed by atoms with Crippen molar-refractivity contribution >= 4 is 32.3 Å². The van der Waals surface area contributed by atoms with Crippen LogP contribution in [0.25, 0.3) is 43.6 Å². The zero-order valence-electron chi connectivity index (χ0n) is 23.3. The van der Waals surface area contributed by atoms with E-state index in [1.807, 2.05) is 6.20 Å². The minimum absolute atomic E-state index is 0.481. The maximum absolute atomic E-state index is 6.90. The number of hydrogen-bond donors (Lipinski definition) is 0. The zero-order chi connectivity index (χ0) is 26.2. The molecule has 1 aromatic heterocycles. The predicted molar refractivity (Wildman–Crippen MR) is 161 cm³/mol. The monoisotopic (exact) mass is 499 g/mol. The van der Waals surface area contributed by atoms with Gasteiger partial charge in [-0.3, -0.25) is 4.98 Å². The van der Waals surface area contributed by atoms with E-state index in [4.69, 9.17) is 9.72 Å². The lowest BCUT2D eigenvalue weighted by atomic mass is 9.71. The van der Waals surface area contributed by atoms with Crippen LogP contribution in [0.4, 0.5) is 0 Å². The molecular formula is C36H37NO. The van der Waals surface area contributed by atoms with Gasteiger partial charge in [-0.25, -0.2) is 0 Å². The maximum atomic E-state index is 6.90. The first-order valence-corrected chi connectivity index (χ1v) is 14.4. The molecular weight excluding hydrogens is 462 g/mol. The molecule has 2 heterocycles. The van der Waals surface area contributed by atoms with Crippen molar-refractivity contribution in [3.8, 4) is 22.8 Å². The molecule has 1 aliphatic heterocycles. The van der Waals surface area contributed by atoms with E-state index >= 15 is 0 Å². The van der Waals surface area contributed by atoms with Gasteiger partial charge in [-0.05, 0) is 107 Å². The first kappa shape index (κ1) is 23.7. The van der Waals surface area contributed by atoms with Crippen LogP contribution in [0.15, 0.2) is 60.8 Å². The fourth-order valence-electron chi connectivity index (χ4n) is 6.96. The average molecular weight is 500 g/mol. The topological polar surface area (TPSA) is 22.1 Å². The van der Waals surface area contributed by atoms with E-state index in [-0.39, 0.29) is 0 Å². The van der Waals surface area contributed by atoms with Crippen molar-refractivity contribution in [1.82, 2.24) is 4.98 Å². The summed E-state index contributed by atoms with van der Waals surface area (Å²) in [6.07, 6.45) is 8.13. The summed E-state index contributed by atoms with van der Waals surface area (Å²) in [6.45, 7) is 11.6. The lowest BCUT2D eigenvalue weighted by Crippen LogP contribution is -2.20. The van der Waals surface area contributed by atoms with Crippen LogP contribution in [0.2, 0.25) is 0 Å². The quantitative estimate of drug-likeness (QED) is 0.226. The van der Waals surface area contributed by atoms with E-state index < -0.39 is 0 Å². The molecule has 0 N–H and O–H groups in total. The van der Waals surface area contributed by atoms with E-state index in [0.29, 0.717) is 17.3 Å². The van der Waals surface area contributed by atoms with E-state index in [1.54, 1.807) is 0 Å². The van der Waals surface area contributed by atoms with Crippen molar-refractivity contribution in [2.75, 3.05) is 0 Å². The van der Waals surface area contributed by atoms with Crippen LogP contribution in [0.3, 0.4) is 0 Å². The predicted octanol–water partition coefficient (Wildman–Crippen LogP) is 10.5. The molecule has 4 aromatic carbocycles. The Kier molecular flexibility index (Phi) is 5.34. The summed E-state index contributed by atoms with van der Waals surface area (Å²) in [6, 6.07) is 20.7. The van der Waals surface area contributed by atoms with Crippen molar-refractivity contribution < 1.29 is 4.74 Å². The van der Waals surface area contributed by atoms with Crippen LogP contribution in [0, 0.1) is 18.3 Å². The Balaban J connectivity index is 1.43. The Bertz CT molecular complexity index is 1730. The maximum Gasteiger partial charge on any atom is 0.140 e. The van der Waals surface area contributed by atoms with Gasteiger partial charge in [-0.1, -0.05) is 69.7 Å². The number of benzene rings is 4. The summed E-state index contributed by atoms with van der Waals surface area (Å²) in [5.74, 6) is 3.12. The Hall–Kier alpha value is -3.39. The third-order valence-electron chi connectivity index (χ3n) is 9.09. The number of fused-ring (bicyclic) bond motifs is 5. The van der Waals surface area contributed by atoms with Gasteiger partial charge in [-0.15, -0.1) is 0 Å².